The molecule has 0 bridgehead atoms. The van der Waals surface area contributed by atoms with E-state index in [1.54, 1.807) is 35.9 Å². The monoisotopic (exact) mass is 449 g/mol. The summed E-state index contributed by atoms with van der Waals surface area (Å²) in [7, 11) is 1.55. The first-order valence-electron chi connectivity index (χ1n) is 9.21. The quantitative estimate of drug-likeness (QED) is 0.447. The second-order valence-electron chi connectivity index (χ2n) is 7.02. The van der Waals surface area contributed by atoms with Crippen LogP contribution in [0.5, 0.6) is 17.4 Å². The van der Waals surface area contributed by atoms with Crippen molar-refractivity contribution in [2.75, 3.05) is 13.7 Å². The zero-order chi connectivity index (χ0) is 21.8. The molecule has 2 aromatic carbocycles. The molecule has 1 N–H and O–H groups in total. The maximum absolute atomic E-state index is 12.2. The van der Waals surface area contributed by atoms with Gasteiger partial charge in [0.25, 0.3) is 0 Å². The van der Waals surface area contributed by atoms with Gasteiger partial charge < -0.3 is 19.1 Å². The lowest BCUT2D eigenvalue weighted by Gasteiger charge is -2.09. The third-order valence-corrected chi connectivity index (χ3v) is 4.80. The Morgan fingerprint density at radius 3 is 2.63 bits per heavy atom. The van der Waals surface area contributed by atoms with Crippen molar-refractivity contribution >= 4 is 45.7 Å². The van der Waals surface area contributed by atoms with Gasteiger partial charge >= 0.3 is 5.91 Å². The molecule has 0 aliphatic heterocycles. The fourth-order valence-corrected chi connectivity index (χ4v) is 3.41. The van der Waals surface area contributed by atoms with Crippen LogP contribution in [-0.4, -0.2) is 29.3 Å². The Hall–Kier alpha value is -2.77. The molecular weight excluding hydrogens is 429 g/mol. The van der Waals surface area contributed by atoms with Crippen molar-refractivity contribution in [3.8, 4) is 17.4 Å². The number of azo groups is 1. The molecule has 0 atom stereocenters. The second-order valence-corrected chi connectivity index (χ2v) is 7.86. The van der Waals surface area contributed by atoms with E-state index in [9.17, 15) is 9.90 Å². The molecular formula is C21H21Cl2N3O4. The van der Waals surface area contributed by atoms with Gasteiger partial charge in [-0.15, -0.1) is 10.2 Å². The number of ether oxygens (including phenoxy) is 2. The van der Waals surface area contributed by atoms with Crippen molar-refractivity contribution in [3.63, 3.8) is 0 Å². The van der Waals surface area contributed by atoms with Crippen molar-refractivity contribution in [1.82, 2.24) is 4.57 Å². The van der Waals surface area contributed by atoms with Gasteiger partial charge in [-0.2, -0.15) is 0 Å². The molecule has 0 spiro atoms. The number of benzene rings is 2. The number of halogens is 2. The Morgan fingerprint density at radius 2 is 1.97 bits per heavy atom. The number of nitrogens with zero attached hydrogens (tertiary/aromatic N) is 3. The SMILES string of the molecule is COc1ccc2c(c1)c(N=NC(=O)COc1ccc(Cl)cc1Cl)c(O)n2CC(C)C. The van der Waals surface area contributed by atoms with E-state index in [1.165, 1.54) is 6.07 Å². The molecule has 9 heteroatoms. The number of hydrogen-bond acceptors (Lipinski definition) is 5. The molecule has 158 valence electrons. The van der Waals surface area contributed by atoms with E-state index in [0.717, 1.165) is 5.52 Å². The van der Waals surface area contributed by atoms with Crippen LogP contribution in [0.4, 0.5) is 5.69 Å². The van der Waals surface area contributed by atoms with Crippen molar-refractivity contribution in [2.24, 2.45) is 16.1 Å². The number of aromatic nitrogens is 1. The Labute approximate surface area is 183 Å². The van der Waals surface area contributed by atoms with Crippen LogP contribution < -0.4 is 9.47 Å². The average Bonchev–Trinajstić information content (AvgIpc) is 2.95. The van der Waals surface area contributed by atoms with Crippen LogP contribution in [-0.2, 0) is 11.3 Å². The molecule has 1 heterocycles. The summed E-state index contributed by atoms with van der Waals surface area (Å²) >= 11 is 11.9. The Bertz CT molecular complexity index is 1110. The molecule has 0 radical (unpaired) electrons. The van der Waals surface area contributed by atoms with Crippen LogP contribution >= 0.6 is 23.2 Å². The van der Waals surface area contributed by atoms with Gasteiger partial charge in [0.1, 0.15) is 11.5 Å². The van der Waals surface area contributed by atoms with Crippen LogP contribution in [0.15, 0.2) is 46.6 Å². The minimum atomic E-state index is -0.631. The lowest BCUT2D eigenvalue weighted by Crippen LogP contribution is -2.08. The molecule has 0 unspecified atom stereocenters. The first-order valence-corrected chi connectivity index (χ1v) is 9.97. The number of methoxy groups -OCH3 is 1. The fraction of sp³-hybridized carbons (Fsp3) is 0.286. The van der Waals surface area contributed by atoms with Crippen LogP contribution in [0.3, 0.4) is 0 Å². The zero-order valence-corrected chi connectivity index (χ0v) is 18.2. The maximum atomic E-state index is 12.2. The lowest BCUT2D eigenvalue weighted by atomic mass is 10.2. The summed E-state index contributed by atoms with van der Waals surface area (Å²) in [6, 6.07) is 10.1. The molecule has 30 heavy (non-hydrogen) atoms. The number of amides is 1. The largest absolute Gasteiger partial charge is 0.497 e. The van der Waals surface area contributed by atoms with Gasteiger partial charge in [-0.25, -0.2) is 0 Å². The number of aromatic hydroxyl groups is 1. The maximum Gasteiger partial charge on any atom is 0.302 e. The normalized spacial score (nSPS) is 11.5. The highest BCUT2D eigenvalue weighted by Gasteiger charge is 2.18. The van der Waals surface area contributed by atoms with E-state index in [4.69, 9.17) is 32.7 Å². The van der Waals surface area contributed by atoms with E-state index < -0.39 is 5.91 Å². The molecule has 1 aromatic heterocycles. The summed E-state index contributed by atoms with van der Waals surface area (Å²) in [4.78, 5) is 12.2. The number of rotatable bonds is 7. The van der Waals surface area contributed by atoms with Crippen molar-refractivity contribution in [3.05, 3.63) is 46.4 Å². The molecule has 0 fully saturated rings. The summed E-state index contributed by atoms with van der Waals surface area (Å²) in [5, 5.41) is 19.8. The van der Waals surface area contributed by atoms with Gasteiger partial charge in [-0.05, 0) is 42.3 Å². The standard InChI is InChI=1S/C21H21Cl2N3O4/c1-12(2)10-26-17-6-5-14(29-3)9-15(17)20(21(26)28)25-24-19(27)11-30-18-7-4-13(22)8-16(18)23/h4-9,12,28H,10-11H2,1-3H3. The van der Waals surface area contributed by atoms with Gasteiger partial charge in [-0.1, -0.05) is 37.0 Å². The first-order chi connectivity index (χ1) is 14.3. The lowest BCUT2D eigenvalue weighted by molar-refractivity contribution is -0.120. The van der Waals surface area contributed by atoms with Crippen molar-refractivity contribution in [2.45, 2.75) is 20.4 Å². The molecule has 0 aliphatic carbocycles. The Balaban J connectivity index is 1.85. The van der Waals surface area contributed by atoms with Gasteiger partial charge in [-0.3, -0.25) is 4.79 Å². The zero-order valence-electron chi connectivity index (χ0n) is 16.7. The van der Waals surface area contributed by atoms with E-state index in [2.05, 4.69) is 10.2 Å². The minimum absolute atomic E-state index is 0.0647. The average molecular weight is 450 g/mol. The van der Waals surface area contributed by atoms with E-state index in [1.807, 2.05) is 19.9 Å². The van der Waals surface area contributed by atoms with Gasteiger partial charge in [0, 0.05) is 17.0 Å². The summed E-state index contributed by atoms with van der Waals surface area (Å²) in [6.07, 6.45) is 0. The van der Waals surface area contributed by atoms with Crippen molar-refractivity contribution < 1.29 is 19.4 Å². The smallest absolute Gasteiger partial charge is 0.302 e. The van der Waals surface area contributed by atoms with E-state index >= 15 is 0 Å². The van der Waals surface area contributed by atoms with Crippen LogP contribution in [0.1, 0.15) is 13.8 Å². The molecule has 3 aromatic rings. The summed E-state index contributed by atoms with van der Waals surface area (Å²) in [5.74, 6) is 0.509. The molecule has 7 nitrogen and oxygen atoms in total. The number of carbonyl (C=O) groups excluding carboxylic acids is 1. The molecule has 0 aliphatic rings. The number of carbonyl (C=O) groups is 1. The third kappa shape index (κ3) is 4.86. The first kappa shape index (κ1) is 21.9. The Morgan fingerprint density at radius 1 is 1.20 bits per heavy atom. The summed E-state index contributed by atoms with van der Waals surface area (Å²) < 4.78 is 12.4. The number of hydrogen-bond donors (Lipinski definition) is 1. The number of fused-ring (bicyclic) bond motifs is 1. The van der Waals surface area contributed by atoms with Crippen molar-refractivity contribution in [1.29, 1.82) is 0 Å². The predicted molar refractivity (Wildman–Crippen MR) is 116 cm³/mol. The Kier molecular flexibility index (Phi) is 6.84. The molecule has 0 saturated heterocycles. The van der Waals surface area contributed by atoms with Crippen LogP contribution in [0.25, 0.3) is 10.9 Å². The molecule has 0 saturated carbocycles. The second kappa shape index (κ2) is 9.36. The highest BCUT2D eigenvalue weighted by atomic mass is 35.5. The van der Waals surface area contributed by atoms with Gasteiger partial charge in [0.15, 0.2) is 12.3 Å². The minimum Gasteiger partial charge on any atom is -0.497 e. The molecule has 1 amide bonds. The van der Waals surface area contributed by atoms with E-state index in [0.29, 0.717) is 28.5 Å². The van der Waals surface area contributed by atoms with Crippen LogP contribution in [0.2, 0.25) is 10.0 Å². The van der Waals surface area contributed by atoms with Gasteiger partial charge in [0.2, 0.25) is 5.88 Å². The fourth-order valence-electron chi connectivity index (χ4n) is 2.94. The van der Waals surface area contributed by atoms with E-state index in [-0.39, 0.29) is 29.1 Å². The molecule has 3 rings (SSSR count). The summed E-state index contributed by atoms with van der Waals surface area (Å²) in [6.45, 7) is 4.30. The van der Waals surface area contributed by atoms with Gasteiger partial charge in [0.05, 0.1) is 17.6 Å². The topological polar surface area (TPSA) is 85.4 Å². The predicted octanol–water partition coefficient (Wildman–Crippen LogP) is 6.01. The highest BCUT2D eigenvalue weighted by Crippen LogP contribution is 2.41. The highest BCUT2D eigenvalue weighted by molar-refractivity contribution is 6.35. The summed E-state index contributed by atoms with van der Waals surface area (Å²) in [5.41, 5.74) is 0.968. The van der Waals surface area contributed by atoms with Crippen LogP contribution in [0, 0.1) is 5.92 Å². The third-order valence-electron chi connectivity index (χ3n) is 4.27.